The first-order chi connectivity index (χ1) is 15.9. The number of hydrogen-bond acceptors (Lipinski definition) is 7. The lowest BCUT2D eigenvalue weighted by Gasteiger charge is -2.31. The SMILES string of the molecule is COc1ccccc1CC(C)N(C)C(=O)OC(C)OC(=O)C1(NC(=O)OC(C)(C)C)CCCC1. The van der Waals surface area contributed by atoms with Crippen LogP contribution in [0.1, 0.15) is 65.9 Å². The molecule has 1 fully saturated rings. The van der Waals surface area contributed by atoms with Gasteiger partial charge in [-0.25, -0.2) is 14.4 Å². The number of rotatable bonds is 8. The van der Waals surface area contributed by atoms with Crippen LogP contribution in [0, 0.1) is 0 Å². The summed E-state index contributed by atoms with van der Waals surface area (Å²) in [6, 6.07) is 7.41. The fourth-order valence-electron chi connectivity index (χ4n) is 3.88. The number of hydrogen-bond donors (Lipinski definition) is 1. The lowest BCUT2D eigenvalue weighted by Crippen LogP contribution is -2.55. The van der Waals surface area contributed by atoms with E-state index in [1.807, 2.05) is 31.2 Å². The van der Waals surface area contributed by atoms with Crippen LogP contribution in [0.3, 0.4) is 0 Å². The summed E-state index contributed by atoms with van der Waals surface area (Å²) in [5, 5.41) is 2.69. The van der Waals surface area contributed by atoms with E-state index < -0.39 is 35.6 Å². The van der Waals surface area contributed by atoms with Gasteiger partial charge in [-0.05, 0) is 58.6 Å². The van der Waals surface area contributed by atoms with E-state index in [1.54, 1.807) is 34.9 Å². The largest absolute Gasteiger partial charge is 0.496 e. The lowest BCUT2D eigenvalue weighted by molar-refractivity contribution is -0.174. The highest BCUT2D eigenvalue weighted by Gasteiger charge is 2.45. The van der Waals surface area contributed by atoms with Gasteiger partial charge in [-0.3, -0.25) is 0 Å². The van der Waals surface area contributed by atoms with E-state index in [0.717, 1.165) is 24.2 Å². The number of likely N-dealkylation sites (N-methyl/N-ethyl adjacent to an activating group) is 1. The van der Waals surface area contributed by atoms with E-state index in [4.69, 9.17) is 18.9 Å². The molecule has 190 valence electrons. The van der Waals surface area contributed by atoms with Gasteiger partial charge in [0.15, 0.2) is 0 Å². The second kappa shape index (κ2) is 11.4. The Labute approximate surface area is 202 Å². The molecule has 2 amide bonds. The standard InChI is InChI=1S/C25H38N2O7/c1-17(16-19-12-8-9-13-20(19)31-7)27(6)23(30)33-18(2)32-21(28)25(14-10-11-15-25)26-22(29)34-24(3,4)5/h8-9,12-13,17-18H,10-11,14-16H2,1-7H3,(H,26,29). The van der Waals surface area contributed by atoms with Gasteiger partial charge in [-0.2, -0.15) is 0 Å². The number of para-hydroxylation sites is 1. The van der Waals surface area contributed by atoms with Crippen LogP contribution in [0.15, 0.2) is 24.3 Å². The van der Waals surface area contributed by atoms with Gasteiger partial charge in [-0.15, -0.1) is 0 Å². The van der Waals surface area contributed by atoms with Crippen LogP contribution in [0.25, 0.3) is 0 Å². The number of esters is 1. The number of alkyl carbamates (subject to hydrolysis) is 1. The summed E-state index contributed by atoms with van der Waals surface area (Å²) in [4.78, 5) is 39.4. The number of nitrogens with one attached hydrogen (secondary N) is 1. The molecule has 9 heteroatoms. The summed E-state index contributed by atoms with van der Waals surface area (Å²) in [7, 11) is 3.23. The molecule has 2 unspecified atom stereocenters. The monoisotopic (exact) mass is 478 g/mol. The molecule has 34 heavy (non-hydrogen) atoms. The van der Waals surface area contributed by atoms with Crippen molar-refractivity contribution in [1.29, 1.82) is 0 Å². The Hall–Kier alpha value is -2.97. The molecule has 0 spiro atoms. The Morgan fingerprint density at radius 3 is 2.29 bits per heavy atom. The summed E-state index contributed by atoms with van der Waals surface area (Å²) >= 11 is 0. The third-order valence-corrected chi connectivity index (χ3v) is 5.78. The van der Waals surface area contributed by atoms with Gasteiger partial charge in [0.2, 0.25) is 6.29 Å². The maximum Gasteiger partial charge on any atom is 0.412 e. The van der Waals surface area contributed by atoms with Crippen molar-refractivity contribution in [3.05, 3.63) is 29.8 Å². The number of ether oxygens (including phenoxy) is 4. The van der Waals surface area contributed by atoms with Crippen LogP contribution in [0.5, 0.6) is 5.75 Å². The van der Waals surface area contributed by atoms with Crippen molar-refractivity contribution >= 4 is 18.2 Å². The van der Waals surface area contributed by atoms with Gasteiger partial charge in [0, 0.05) is 20.0 Å². The summed E-state index contributed by atoms with van der Waals surface area (Å²) in [5.41, 5.74) is -0.915. The zero-order valence-electron chi connectivity index (χ0n) is 21.3. The molecular formula is C25H38N2O7. The topological polar surface area (TPSA) is 103 Å². The van der Waals surface area contributed by atoms with Crippen molar-refractivity contribution < 1.29 is 33.3 Å². The van der Waals surface area contributed by atoms with Crippen molar-refractivity contribution in [3.63, 3.8) is 0 Å². The molecule has 2 atom stereocenters. The molecule has 1 aliphatic rings. The van der Waals surface area contributed by atoms with Crippen LogP contribution in [0.2, 0.25) is 0 Å². The maximum atomic E-state index is 13.0. The Morgan fingerprint density at radius 1 is 1.09 bits per heavy atom. The minimum Gasteiger partial charge on any atom is -0.496 e. The highest BCUT2D eigenvalue weighted by Crippen LogP contribution is 2.32. The molecule has 1 aromatic rings. The number of methoxy groups -OCH3 is 1. The first-order valence-electron chi connectivity index (χ1n) is 11.6. The van der Waals surface area contributed by atoms with E-state index in [0.29, 0.717) is 19.3 Å². The second-order valence-corrected chi connectivity index (χ2v) is 9.75. The minimum absolute atomic E-state index is 0.193. The second-order valence-electron chi connectivity index (χ2n) is 9.75. The fraction of sp³-hybridized carbons (Fsp3) is 0.640. The molecule has 9 nitrogen and oxygen atoms in total. The average molecular weight is 479 g/mol. The number of carbonyl (C=O) groups excluding carboxylic acids is 3. The van der Waals surface area contributed by atoms with Crippen LogP contribution < -0.4 is 10.1 Å². The molecule has 1 N–H and O–H groups in total. The van der Waals surface area contributed by atoms with Crippen molar-refractivity contribution in [3.8, 4) is 5.75 Å². The summed E-state index contributed by atoms with van der Waals surface area (Å²) in [5.74, 6) is 0.110. The zero-order valence-corrected chi connectivity index (χ0v) is 21.3. The highest BCUT2D eigenvalue weighted by molar-refractivity contribution is 5.86. The number of carbonyl (C=O) groups is 3. The van der Waals surface area contributed by atoms with Crippen LogP contribution >= 0.6 is 0 Å². The molecule has 0 aromatic heterocycles. The summed E-state index contributed by atoms with van der Waals surface area (Å²) in [6.45, 7) is 8.62. The molecule has 2 rings (SSSR count). The van der Waals surface area contributed by atoms with Crippen molar-refractivity contribution in [2.75, 3.05) is 14.2 Å². The van der Waals surface area contributed by atoms with Crippen LogP contribution in [-0.2, 0) is 25.4 Å². The first kappa shape index (κ1) is 27.3. The van der Waals surface area contributed by atoms with Gasteiger partial charge in [0.1, 0.15) is 16.9 Å². The predicted octanol–water partition coefficient (Wildman–Crippen LogP) is 4.42. The molecule has 1 aromatic carbocycles. The van der Waals surface area contributed by atoms with Gasteiger partial charge in [0.05, 0.1) is 7.11 Å². The Bertz CT molecular complexity index is 859. The van der Waals surface area contributed by atoms with E-state index >= 15 is 0 Å². The van der Waals surface area contributed by atoms with Gasteiger partial charge in [-0.1, -0.05) is 31.0 Å². The summed E-state index contributed by atoms with van der Waals surface area (Å²) < 4.78 is 21.5. The van der Waals surface area contributed by atoms with Crippen molar-refractivity contribution in [2.24, 2.45) is 0 Å². The molecule has 0 radical (unpaired) electrons. The molecule has 1 aliphatic carbocycles. The molecule has 0 bridgehead atoms. The fourth-order valence-corrected chi connectivity index (χ4v) is 3.88. The summed E-state index contributed by atoms with van der Waals surface area (Å²) in [6.07, 6.45) is 0.531. The van der Waals surface area contributed by atoms with E-state index in [-0.39, 0.29) is 6.04 Å². The normalized spacial score (nSPS) is 16.7. The molecule has 0 aliphatic heterocycles. The molecular weight excluding hydrogens is 440 g/mol. The van der Waals surface area contributed by atoms with Crippen molar-refractivity contribution in [1.82, 2.24) is 10.2 Å². The Morgan fingerprint density at radius 2 is 1.71 bits per heavy atom. The van der Waals surface area contributed by atoms with Crippen LogP contribution in [0.4, 0.5) is 9.59 Å². The quantitative estimate of drug-likeness (QED) is 0.436. The third kappa shape index (κ3) is 7.53. The Balaban J connectivity index is 1.94. The van der Waals surface area contributed by atoms with Gasteiger partial charge in [0.25, 0.3) is 0 Å². The number of benzene rings is 1. The average Bonchev–Trinajstić information content (AvgIpc) is 3.21. The minimum atomic E-state index is -1.19. The first-order valence-corrected chi connectivity index (χ1v) is 11.6. The zero-order chi connectivity index (χ0) is 25.5. The molecule has 0 saturated heterocycles. The van der Waals surface area contributed by atoms with E-state index in [1.165, 1.54) is 11.8 Å². The van der Waals surface area contributed by atoms with E-state index in [9.17, 15) is 14.4 Å². The molecule has 0 heterocycles. The van der Waals surface area contributed by atoms with E-state index in [2.05, 4.69) is 5.32 Å². The lowest BCUT2D eigenvalue weighted by atomic mass is 9.98. The predicted molar refractivity (Wildman–Crippen MR) is 127 cm³/mol. The Kier molecular flexibility index (Phi) is 9.18. The number of amides is 2. The van der Waals surface area contributed by atoms with Gasteiger partial charge >= 0.3 is 18.2 Å². The van der Waals surface area contributed by atoms with Crippen LogP contribution in [-0.4, -0.2) is 60.7 Å². The number of nitrogens with zero attached hydrogens (tertiary/aromatic N) is 1. The third-order valence-electron chi connectivity index (χ3n) is 5.78. The highest BCUT2D eigenvalue weighted by atomic mass is 16.7. The molecule has 1 saturated carbocycles. The smallest absolute Gasteiger partial charge is 0.412 e. The van der Waals surface area contributed by atoms with Gasteiger partial charge < -0.3 is 29.2 Å². The van der Waals surface area contributed by atoms with Crippen molar-refractivity contribution in [2.45, 2.75) is 90.2 Å². The maximum absolute atomic E-state index is 13.0.